The second kappa shape index (κ2) is 3.03. The molecule has 5 nitrogen and oxygen atoms in total. The van der Waals surface area contributed by atoms with Crippen molar-refractivity contribution in [3.05, 3.63) is 12.2 Å². The molecule has 0 aromatic carbocycles. The van der Waals surface area contributed by atoms with Crippen LogP contribution in [0.25, 0.3) is 0 Å². The SMILES string of the molecule is OC1CNC(c2nncn2C2CC2)C1. The number of nitrogens with one attached hydrogen (secondary N) is 1. The van der Waals surface area contributed by atoms with Crippen LogP contribution in [0.3, 0.4) is 0 Å². The Kier molecular flexibility index (Phi) is 1.81. The Labute approximate surface area is 82.1 Å². The quantitative estimate of drug-likeness (QED) is 0.696. The summed E-state index contributed by atoms with van der Waals surface area (Å²) in [7, 11) is 0. The van der Waals surface area contributed by atoms with Gasteiger partial charge in [0.2, 0.25) is 0 Å². The van der Waals surface area contributed by atoms with E-state index in [1.54, 1.807) is 6.33 Å². The smallest absolute Gasteiger partial charge is 0.150 e. The van der Waals surface area contributed by atoms with Crippen molar-refractivity contribution in [2.75, 3.05) is 6.54 Å². The fraction of sp³-hybridized carbons (Fsp3) is 0.778. The molecular formula is C9H14N4O. The zero-order valence-corrected chi connectivity index (χ0v) is 7.93. The summed E-state index contributed by atoms with van der Waals surface area (Å²) in [6.07, 6.45) is 4.80. The molecule has 2 aliphatic rings. The molecule has 1 aliphatic carbocycles. The summed E-state index contributed by atoms with van der Waals surface area (Å²) < 4.78 is 2.15. The van der Waals surface area contributed by atoms with Crippen LogP contribution in [0.5, 0.6) is 0 Å². The summed E-state index contributed by atoms with van der Waals surface area (Å²) in [4.78, 5) is 0. The standard InChI is InChI=1S/C9H14N4O/c14-7-3-8(10-4-7)9-12-11-5-13(9)6-1-2-6/h5-8,10,14H,1-4H2. The van der Waals surface area contributed by atoms with Gasteiger partial charge in [0.15, 0.2) is 0 Å². The highest BCUT2D eigenvalue weighted by atomic mass is 16.3. The normalized spacial score (nSPS) is 32.4. The van der Waals surface area contributed by atoms with Crippen molar-refractivity contribution < 1.29 is 5.11 Å². The number of aliphatic hydroxyl groups excluding tert-OH is 1. The van der Waals surface area contributed by atoms with E-state index in [1.807, 2.05) is 0 Å². The number of hydrogen-bond acceptors (Lipinski definition) is 4. The minimum atomic E-state index is -0.232. The Morgan fingerprint density at radius 2 is 2.36 bits per heavy atom. The summed E-state index contributed by atoms with van der Waals surface area (Å²) in [6, 6.07) is 0.799. The minimum Gasteiger partial charge on any atom is -0.392 e. The zero-order chi connectivity index (χ0) is 9.54. The topological polar surface area (TPSA) is 63.0 Å². The molecule has 0 spiro atoms. The third-order valence-corrected chi connectivity index (χ3v) is 2.96. The second-order valence-corrected chi connectivity index (χ2v) is 4.18. The van der Waals surface area contributed by atoms with Crippen LogP contribution in [0, 0.1) is 0 Å². The molecule has 5 heteroatoms. The Morgan fingerprint density at radius 1 is 1.50 bits per heavy atom. The van der Waals surface area contributed by atoms with Crippen LogP contribution in [0.4, 0.5) is 0 Å². The molecule has 2 heterocycles. The van der Waals surface area contributed by atoms with Crippen LogP contribution in [-0.2, 0) is 0 Å². The lowest BCUT2D eigenvalue weighted by Crippen LogP contribution is -2.18. The van der Waals surface area contributed by atoms with Crippen LogP contribution in [0.15, 0.2) is 6.33 Å². The van der Waals surface area contributed by atoms with Gasteiger partial charge in [0.05, 0.1) is 12.1 Å². The molecule has 1 saturated carbocycles. The van der Waals surface area contributed by atoms with Gasteiger partial charge >= 0.3 is 0 Å². The molecule has 1 aromatic rings. The third-order valence-electron chi connectivity index (χ3n) is 2.96. The number of nitrogens with zero attached hydrogens (tertiary/aromatic N) is 3. The summed E-state index contributed by atoms with van der Waals surface area (Å²) in [5, 5.41) is 20.8. The largest absolute Gasteiger partial charge is 0.392 e. The molecular weight excluding hydrogens is 180 g/mol. The van der Waals surface area contributed by atoms with Gasteiger partial charge in [-0.15, -0.1) is 10.2 Å². The van der Waals surface area contributed by atoms with Crippen LogP contribution in [-0.4, -0.2) is 32.5 Å². The molecule has 0 amide bonds. The Balaban J connectivity index is 1.84. The number of hydrogen-bond donors (Lipinski definition) is 2. The van der Waals surface area contributed by atoms with E-state index in [1.165, 1.54) is 12.8 Å². The van der Waals surface area contributed by atoms with E-state index in [-0.39, 0.29) is 12.1 Å². The van der Waals surface area contributed by atoms with Gasteiger partial charge in [0.1, 0.15) is 12.2 Å². The van der Waals surface area contributed by atoms with E-state index in [0.29, 0.717) is 12.6 Å². The minimum absolute atomic E-state index is 0.188. The summed E-state index contributed by atoms with van der Waals surface area (Å²) in [5.74, 6) is 0.990. The second-order valence-electron chi connectivity index (χ2n) is 4.18. The maximum atomic E-state index is 9.42. The number of rotatable bonds is 2. The van der Waals surface area contributed by atoms with E-state index in [9.17, 15) is 5.11 Å². The van der Waals surface area contributed by atoms with Crippen LogP contribution >= 0.6 is 0 Å². The summed E-state index contributed by atoms with van der Waals surface area (Å²) in [6.45, 7) is 0.669. The highest BCUT2D eigenvalue weighted by molar-refractivity contribution is 5.03. The van der Waals surface area contributed by atoms with E-state index in [4.69, 9.17) is 0 Å². The first-order valence-corrected chi connectivity index (χ1v) is 5.15. The van der Waals surface area contributed by atoms with Crippen molar-refractivity contribution in [2.24, 2.45) is 0 Å². The van der Waals surface area contributed by atoms with Crippen LogP contribution in [0.1, 0.15) is 37.2 Å². The highest BCUT2D eigenvalue weighted by Gasteiger charge is 2.32. The monoisotopic (exact) mass is 194 g/mol. The molecule has 3 rings (SSSR count). The maximum absolute atomic E-state index is 9.42. The van der Waals surface area contributed by atoms with Gasteiger partial charge in [-0.3, -0.25) is 0 Å². The molecule has 1 saturated heterocycles. The lowest BCUT2D eigenvalue weighted by molar-refractivity contribution is 0.192. The van der Waals surface area contributed by atoms with Crippen molar-refractivity contribution >= 4 is 0 Å². The van der Waals surface area contributed by atoms with Crippen molar-refractivity contribution in [2.45, 2.75) is 37.5 Å². The van der Waals surface area contributed by atoms with E-state index in [2.05, 4.69) is 20.1 Å². The number of aromatic nitrogens is 3. The van der Waals surface area contributed by atoms with Crippen molar-refractivity contribution in [3.8, 4) is 0 Å². The zero-order valence-electron chi connectivity index (χ0n) is 7.93. The predicted molar refractivity (Wildman–Crippen MR) is 49.7 cm³/mol. The molecule has 2 unspecified atom stereocenters. The Bertz CT molecular complexity index is 333. The van der Waals surface area contributed by atoms with Crippen molar-refractivity contribution in [1.29, 1.82) is 0 Å². The van der Waals surface area contributed by atoms with Gasteiger partial charge in [-0.1, -0.05) is 0 Å². The first kappa shape index (κ1) is 8.38. The van der Waals surface area contributed by atoms with E-state index >= 15 is 0 Å². The molecule has 1 aromatic heterocycles. The van der Waals surface area contributed by atoms with Crippen LogP contribution < -0.4 is 5.32 Å². The maximum Gasteiger partial charge on any atom is 0.150 e. The summed E-state index contributed by atoms with van der Waals surface area (Å²) >= 11 is 0. The Morgan fingerprint density at radius 3 is 3.00 bits per heavy atom. The first-order valence-electron chi connectivity index (χ1n) is 5.15. The van der Waals surface area contributed by atoms with Gasteiger partial charge < -0.3 is 15.0 Å². The lowest BCUT2D eigenvalue weighted by atomic mass is 10.2. The molecule has 1 aliphatic heterocycles. The van der Waals surface area contributed by atoms with Gasteiger partial charge in [-0.2, -0.15) is 0 Å². The molecule has 0 bridgehead atoms. The Hall–Kier alpha value is -0.940. The van der Waals surface area contributed by atoms with Crippen LogP contribution in [0.2, 0.25) is 0 Å². The van der Waals surface area contributed by atoms with E-state index in [0.717, 1.165) is 12.2 Å². The fourth-order valence-corrected chi connectivity index (χ4v) is 2.05. The molecule has 2 fully saturated rings. The van der Waals surface area contributed by atoms with Crippen molar-refractivity contribution in [1.82, 2.24) is 20.1 Å². The predicted octanol–water partition coefficient (Wildman–Crippen LogP) is 0.00830. The number of aliphatic hydroxyl groups is 1. The third kappa shape index (κ3) is 1.33. The molecule has 76 valence electrons. The first-order chi connectivity index (χ1) is 6.84. The average Bonchev–Trinajstić information content (AvgIpc) is 2.75. The average molecular weight is 194 g/mol. The lowest BCUT2D eigenvalue weighted by Gasteiger charge is -2.10. The molecule has 2 N–H and O–H groups in total. The summed E-state index contributed by atoms with van der Waals surface area (Å²) in [5.41, 5.74) is 0. The van der Waals surface area contributed by atoms with E-state index < -0.39 is 0 Å². The fourth-order valence-electron chi connectivity index (χ4n) is 2.05. The number of β-amino-alcohol motifs (C(OH)–C–C–N with tert-alkyl or cyclic N) is 1. The van der Waals surface area contributed by atoms with Crippen molar-refractivity contribution in [3.63, 3.8) is 0 Å². The van der Waals surface area contributed by atoms with Gasteiger partial charge in [0, 0.05) is 12.6 Å². The van der Waals surface area contributed by atoms with Gasteiger partial charge in [0.25, 0.3) is 0 Å². The highest BCUT2D eigenvalue weighted by Crippen LogP contribution is 2.37. The van der Waals surface area contributed by atoms with Gasteiger partial charge in [-0.25, -0.2) is 0 Å². The molecule has 2 atom stereocenters. The molecule has 0 radical (unpaired) electrons. The van der Waals surface area contributed by atoms with Gasteiger partial charge in [-0.05, 0) is 19.3 Å². The molecule has 14 heavy (non-hydrogen) atoms.